The van der Waals surface area contributed by atoms with E-state index in [-0.39, 0.29) is 0 Å². The summed E-state index contributed by atoms with van der Waals surface area (Å²) in [7, 11) is 0. The van der Waals surface area contributed by atoms with Crippen LogP contribution in [-0.4, -0.2) is 9.13 Å². The molecule has 1 aliphatic rings. The summed E-state index contributed by atoms with van der Waals surface area (Å²) in [5.74, 6) is 0. The lowest BCUT2D eigenvalue weighted by Crippen LogP contribution is -2.03. The number of nitrogens with zero attached hydrogens (tertiary/aromatic N) is 2. The molecule has 0 radical (unpaired) electrons. The molecule has 0 spiro atoms. The zero-order valence-electron chi connectivity index (χ0n) is 30.9. The van der Waals surface area contributed by atoms with Crippen molar-refractivity contribution in [1.82, 2.24) is 9.13 Å². The molecule has 0 saturated heterocycles. The van der Waals surface area contributed by atoms with E-state index in [2.05, 4.69) is 215 Å². The number of hydrogen-bond acceptors (Lipinski definition) is 0. The number of rotatable bonds is 6. The minimum atomic E-state index is 1.00. The van der Waals surface area contributed by atoms with Gasteiger partial charge in [-0.3, -0.25) is 0 Å². The minimum absolute atomic E-state index is 1.00. The van der Waals surface area contributed by atoms with Crippen molar-refractivity contribution in [3.63, 3.8) is 0 Å². The van der Waals surface area contributed by atoms with E-state index in [0.717, 1.165) is 12.8 Å². The Balaban J connectivity index is 1.08. The van der Waals surface area contributed by atoms with Gasteiger partial charge in [0.15, 0.2) is 0 Å². The van der Waals surface area contributed by atoms with Gasteiger partial charge in [0.2, 0.25) is 0 Å². The van der Waals surface area contributed by atoms with Gasteiger partial charge in [0.1, 0.15) is 0 Å². The predicted octanol–water partition coefficient (Wildman–Crippen LogP) is 14.4. The summed E-state index contributed by atoms with van der Waals surface area (Å²) in [6.45, 7) is 0. The van der Waals surface area contributed by atoms with Gasteiger partial charge in [-0.1, -0.05) is 152 Å². The average Bonchev–Trinajstić information content (AvgIpc) is 3.79. The Bertz CT molecular complexity index is 3050. The Kier molecular flexibility index (Phi) is 7.67. The number of para-hydroxylation sites is 2. The monoisotopic (exact) mass is 714 g/mol. The Hall–Kier alpha value is -7.16. The third-order valence-corrected chi connectivity index (χ3v) is 11.6. The molecule has 8 aromatic carbocycles. The Morgan fingerprint density at radius 1 is 0.357 bits per heavy atom. The zero-order chi connectivity index (χ0) is 37.0. The van der Waals surface area contributed by atoms with Gasteiger partial charge in [0, 0.05) is 38.7 Å². The van der Waals surface area contributed by atoms with Crippen LogP contribution in [0.3, 0.4) is 0 Å². The van der Waals surface area contributed by atoms with Crippen LogP contribution in [0.1, 0.15) is 17.7 Å². The van der Waals surface area contributed by atoms with Gasteiger partial charge in [-0.15, -0.1) is 0 Å². The lowest BCUT2D eigenvalue weighted by Gasteiger charge is -2.17. The van der Waals surface area contributed by atoms with Crippen LogP contribution in [0.25, 0.3) is 94.7 Å². The zero-order valence-corrected chi connectivity index (χ0v) is 30.9. The second-order valence-electron chi connectivity index (χ2n) is 14.8. The van der Waals surface area contributed by atoms with Gasteiger partial charge >= 0.3 is 0 Å². The van der Waals surface area contributed by atoms with Crippen molar-refractivity contribution in [2.24, 2.45) is 0 Å². The van der Waals surface area contributed by atoms with Crippen molar-refractivity contribution < 1.29 is 0 Å². The maximum absolute atomic E-state index is 2.53. The summed E-state index contributed by atoms with van der Waals surface area (Å²) < 4.78 is 4.96. The lowest BCUT2D eigenvalue weighted by molar-refractivity contribution is 0.889. The second kappa shape index (κ2) is 13.3. The first kappa shape index (κ1) is 32.3. The van der Waals surface area contributed by atoms with Crippen molar-refractivity contribution >= 4 is 38.8 Å². The Morgan fingerprint density at radius 2 is 0.911 bits per heavy atom. The first-order valence-electron chi connectivity index (χ1n) is 19.6. The lowest BCUT2D eigenvalue weighted by atomic mass is 9.97. The highest BCUT2D eigenvalue weighted by atomic mass is 15.0. The molecule has 2 nitrogen and oxygen atoms in total. The molecule has 0 N–H and O–H groups in total. The minimum Gasteiger partial charge on any atom is -0.313 e. The van der Waals surface area contributed by atoms with Crippen LogP contribution in [0, 0.1) is 0 Å². The fourth-order valence-corrected chi connectivity index (χ4v) is 8.97. The van der Waals surface area contributed by atoms with E-state index in [1.54, 1.807) is 0 Å². The average molecular weight is 715 g/mol. The molecular formula is C54H38N2. The number of fused-ring (bicyclic) bond motifs is 6. The van der Waals surface area contributed by atoms with E-state index in [4.69, 9.17) is 0 Å². The largest absolute Gasteiger partial charge is 0.313 e. The van der Waals surface area contributed by atoms with E-state index < -0.39 is 0 Å². The molecule has 0 bridgehead atoms. The first-order chi connectivity index (χ1) is 27.8. The van der Waals surface area contributed by atoms with Crippen LogP contribution in [0.5, 0.6) is 0 Å². The fourth-order valence-electron chi connectivity index (χ4n) is 8.97. The van der Waals surface area contributed by atoms with E-state index in [0.29, 0.717) is 0 Å². The number of hydrogen-bond donors (Lipinski definition) is 0. The second-order valence-corrected chi connectivity index (χ2v) is 14.8. The van der Waals surface area contributed by atoms with Gasteiger partial charge in [0.25, 0.3) is 0 Å². The van der Waals surface area contributed by atoms with E-state index >= 15 is 0 Å². The Morgan fingerprint density at radius 3 is 1.61 bits per heavy atom. The third-order valence-electron chi connectivity index (χ3n) is 11.6. The predicted molar refractivity (Wildman–Crippen MR) is 237 cm³/mol. The normalized spacial score (nSPS) is 12.4. The molecule has 0 unspecified atom stereocenters. The van der Waals surface area contributed by atoms with E-state index in [1.165, 1.54) is 99.8 Å². The summed E-state index contributed by atoms with van der Waals surface area (Å²) in [5, 5.41) is 3.80. The summed E-state index contributed by atoms with van der Waals surface area (Å²) in [4.78, 5) is 0. The maximum Gasteiger partial charge on any atom is 0.0541 e. The molecule has 2 aromatic heterocycles. The highest BCUT2D eigenvalue weighted by Crippen LogP contribution is 2.41. The molecule has 56 heavy (non-hydrogen) atoms. The van der Waals surface area contributed by atoms with Crippen molar-refractivity contribution in [2.45, 2.75) is 12.8 Å². The van der Waals surface area contributed by atoms with Gasteiger partial charge < -0.3 is 9.13 Å². The molecule has 0 aliphatic heterocycles. The van der Waals surface area contributed by atoms with Crippen LogP contribution in [-0.2, 0) is 6.42 Å². The summed E-state index contributed by atoms with van der Waals surface area (Å²) in [6, 6.07) is 71.0. The summed E-state index contributed by atoms with van der Waals surface area (Å²) >= 11 is 0. The molecule has 1 aliphatic carbocycles. The molecule has 0 fully saturated rings. The molecule has 2 heterocycles. The molecule has 11 rings (SSSR count). The van der Waals surface area contributed by atoms with E-state index in [1.807, 2.05) is 0 Å². The van der Waals surface area contributed by atoms with Crippen LogP contribution >= 0.6 is 0 Å². The molecule has 0 atom stereocenters. The van der Waals surface area contributed by atoms with Crippen LogP contribution in [0.15, 0.2) is 200 Å². The van der Waals surface area contributed by atoms with Gasteiger partial charge in [-0.05, 0) is 106 Å². The van der Waals surface area contributed by atoms with Gasteiger partial charge in [-0.2, -0.15) is 0 Å². The van der Waals surface area contributed by atoms with Crippen molar-refractivity contribution in [2.75, 3.05) is 0 Å². The van der Waals surface area contributed by atoms with Gasteiger partial charge in [-0.25, -0.2) is 0 Å². The fraction of sp³-hybridized carbons (Fsp3) is 0.0370. The topological polar surface area (TPSA) is 9.86 Å². The SMILES string of the molecule is C1=Cc2c(n(-c3cc(-c4ccccc4)cc(-c4ccccc4)c3)c3ccc(-c4ccc5c(c4)c4ccccc4n5-c4ccccc4-c4ccccc4)cc23)CC1. The van der Waals surface area contributed by atoms with Crippen molar-refractivity contribution in [1.29, 1.82) is 0 Å². The van der Waals surface area contributed by atoms with Crippen LogP contribution < -0.4 is 0 Å². The van der Waals surface area contributed by atoms with Gasteiger partial charge in [0.05, 0.1) is 22.2 Å². The highest BCUT2D eigenvalue weighted by Gasteiger charge is 2.21. The molecular weight excluding hydrogens is 677 g/mol. The first-order valence-corrected chi connectivity index (χ1v) is 19.6. The quantitative estimate of drug-likeness (QED) is 0.162. The Labute approximate surface area is 326 Å². The third kappa shape index (κ3) is 5.33. The number of allylic oxidation sites excluding steroid dienone is 1. The molecule has 2 heteroatoms. The number of benzene rings is 8. The van der Waals surface area contributed by atoms with Crippen molar-refractivity contribution in [3.8, 4) is 55.9 Å². The smallest absolute Gasteiger partial charge is 0.0541 e. The molecule has 0 saturated carbocycles. The summed E-state index contributed by atoms with van der Waals surface area (Å²) in [5.41, 5.74) is 18.5. The molecule has 0 amide bonds. The standard InChI is InChI=1S/C54H38N2/c1-4-16-37(17-5-1)42-32-43(38-18-6-2-7-19-38)34-44(33-42)55-51-26-14-11-23-46(51)48-35-40(28-30-53(48)55)41-29-31-54-49(36-41)47-24-12-15-27-52(47)56(54)50-25-13-10-22-45(50)39-20-8-3-9-21-39/h1-13,15-25,27-36H,14,26H2. The van der Waals surface area contributed by atoms with E-state index in [9.17, 15) is 0 Å². The maximum atomic E-state index is 2.53. The van der Waals surface area contributed by atoms with Crippen molar-refractivity contribution in [3.05, 3.63) is 211 Å². The van der Waals surface area contributed by atoms with Crippen LogP contribution in [0.4, 0.5) is 0 Å². The summed E-state index contributed by atoms with van der Waals surface area (Å²) in [6.07, 6.45) is 6.72. The molecule has 10 aromatic rings. The van der Waals surface area contributed by atoms with Crippen LogP contribution in [0.2, 0.25) is 0 Å². The molecule has 264 valence electrons. The highest BCUT2D eigenvalue weighted by molar-refractivity contribution is 6.11. The number of aromatic nitrogens is 2.